The fourth-order valence-electron chi connectivity index (χ4n) is 7.12. The third-order valence-electron chi connectivity index (χ3n) is 9.05. The van der Waals surface area contributed by atoms with Gasteiger partial charge in [0, 0.05) is 39.1 Å². The number of likely N-dealkylation sites (tertiary alicyclic amines) is 1. The van der Waals surface area contributed by atoms with Crippen LogP contribution >= 0.6 is 0 Å². The molecule has 4 rings (SSSR count). The number of carbonyl (C=O) groups is 3. The second-order valence-electron chi connectivity index (χ2n) is 14.4. The monoisotopic (exact) mass is 627 g/mol. The Labute approximate surface area is 267 Å². The van der Waals surface area contributed by atoms with Crippen molar-refractivity contribution in [3.05, 3.63) is 30.1 Å². The van der Waals surface area contributed by atoms with Crippen molar-refractivity contribution in [1.82, 2.24) is 19.4 Å². The molecule has 3 amide bonds. The fourth-order valence-corrected chi connectivity index (χ4v) is 7.12. The zero-order valence-corrected chi connectivity index (χ0v) is 27.9. The van der Waals surface area contributed by atoms with Gasteiger partial charge >= 0.3 is 6.09 Å². The molecule has 250 valence electrons. The Kier molecular flexibility index (Phi) is 11.5. The normalized spacial score (nSPS) is 21.5. The molecule has 45 heavy (non-hydrogen) atoms. The Morgan fingerprint density at radius 1 is 1.07 bits per heavy atom. The van der Waals surface area contributed by atoms with Gasteiger partial charge in [-0.25, -0.2) is 9.78 Å². The van der Waals surface area contributed by atoms with Crippen LogP contribution in [0.15, 0.2) is 24.3 Å². The standard InChI is InChI=1S/C34H53N5O6/c1-22(2)17-23(3)26(19-29(40)31-36-27-9-7-8-10-28(27)39(31)12-11-30(35)41)24-18-25(32(42)37-13-15-44-16-14-37)21-38(20-24)33(43)45-34(4,5)6/h7-10,22-26,29,40H,11-21H2,1-6H3,(H2,35,41)/t23?,24-,25+,26?,29?/m0/s1. The van der Waals surface area contributed by atoms with Crippen LogP contribution in [-0.4, -0.2) is 87.4 Å². The van der Waals surface area contributed by atoms with E-state index in [-0.39, 0.29) is 36.0 Å². The molecule has 3 unspecified atom stereocenters. The predicted molar refractivity (Wildman–Crippen MR) is 172 cm³/mol. The van der Waals surface area contributed by atoms with Crippen molar-refractivity contribution in [2.24, 2.45) is 35.3 Å². The summed E-state index contributed by atoms with van der Waals surface area (Å²) in [6, 6.07) is 7.64. The molecule has 0 radical (unpaired) electrons. The molecule has 1 aromatic heterocycles. The van der Waals surface area contributed by atoms with Crippen molar-refractivity contribution in [2.45, 2.75) is 85.5 Å². The zero-order valence-electron chi connectivity index (χ0n) is 27.9. The number of aromatic nitrogens is 2. The molecule has 2 aliphatic heterocycles. The third-order valence-corrected chi connectivity index (χ3v) is 9.05. The average Bonchev–Trinajstić information content (AvgIpc) is 3.36. The lowest BCUT2D eigenvalue weighted by Gasteiger charge is -2.44. The van der Waals surface area contributed by atoms with E-state index in [0.29, 0.717) is 70.5 Å². The average molecular weight is 628 g/mol. The van der Waals surface area contributed by atoms with Gasteiger partial charge in [-0.1, -0.05) is 32.9 Å². The van der Waals surface area contributed by atoms with E-state index in [0.717, 1.165) is 17.5 Å². The predicted octanol–water partition coefficient (Wildman–Crippen LogP) is 4.37. The number of aryl methyl sites for hydroxylation is 1. The summed E-state index contributed by atoms with van der Waals surface area (Å²) in [6.07, 6.45) is 0.741. The number of hydrogen-bond donors (Lipinski definition) is 2. The van der Waals surface area contributed by atoms with Crippen molar-refractivity contribution in [2.75, 3.05) is 39.4 Å². The van der Waals surface area contributed by atoms with Crippen LogP contribution < -0.4 is 5.73 Å². The number of nitrogens with zero attached hydrogens (tertiary/aromatic N) is 4. The van der Waals surface area contributed by atoms with E-state index in [2.05, 4.69) is 20.8 Å². The summed E-state index contributed by atoms with van der Waals surface area (Å²) < 4.78 is 13.2. The van der Waals surface area contributed by atoms with Crippen LogP contribution in [0, 0.1) is 29.6 Å². The number of primary amides is 1. The van der Waals surface area contributed by atoms with E-state index in [1.54, 1.807) is 4.90 Å². The van der Waals surface area contributed by atoms with Gasteiger partial charge in [0.15, 0.2) is 0 Å². The maximum Gasteiger partial charge on any atom is 0.410 e. The summed E-state index contributed by atoms with van der Waals surface area (Å²) in [4.78, 5) is 47.3. The molecular formula is C34H53N5O6. The summed E-state index contributed by atoms with van der Waals surface area (Å²) in [5.74, 6) is 0.310. The van der Waals surface area contributed by atoms with Crippen molar-refractivity contribution < 1.29 is 29.0 Å². The molecule has 3 heterocycles. The molecule has 1 aromatic carbocycles. The van der Waals surface area contributed by atoms with Crippen LogP contribution in [0.1, 0.15) is 79.2 Å². The molecule has 0 saturated carbocycles. The number of nitrogens with two attached hydrogens (primary N) is 1. The first-order valence-corrected chi connectivity index (χ1v) is 16.5. The lowest BCUT2D eigenvalue weighted by Crippen LogP contribution is -2.53. The van der Waals surface area contributed by atoms with E-state index in [1.165, 1.54) is 0 Å². The second-order valence-corrected chi connectivity index (χ2v) is 14.4. The molecule has 11 heteroatoms. The highest BCUT2D eigenvalue weighted by molar-refractivity contribution is 5.80. The van der Waals surface area contributed by atoms with Gasteiger partial charge in [-0.15, -0.1) is 0 Å². The number of rotatable bonds is 11. The molecular weight excluding hydrogens is 574 g/mol. The molecule has 2 fully saturated rings. The van der Waals surface area contributed by atoms with Crippen LogP contribution in [0.4, 0.5) is 4.79 Å². The number of aliphatic hydroxyl groups excluding tert-OH is 1. The summed E-state index contributed by atoms with van der Waals surface area (Å²) in [6.45, 7) is 15.3. The molecule has 0 bridgehead atoms. The summed E-state index contributed by atoms with van der Waals surface area (Å²) >= 11 is 0. The first-order valence-electron chi connectivity index (χ1n) is 16.5. The number of hydrogen-bond acceptors (Lipinski definition) is 7. The zero-order chi connectivity index (χ0) is 32.9. The molecule has 2 aromatic rings. The van der Waals surface area contributed by atoms with Crippen LogP contribution in [-0.2, 0) is 25.6 Å². The van der Waals surface area contributed by atoms with Crippen LogP contribution in [0.5, 0.6) is 0 Å². The van der Waals surface area contributed by atoms with Gasteiger partial charge in [0.25, 0.3) is 0 Å². The smallest absolute Gasteiger partial charge is 0.410 e. The highest BCUT2D eigenvalue weighted by Gasteiger charge is 2.42. The van der Waals surface area contributed by atoms with Gasteiger partial charge in [-0.2, -0.15) is 0 Å². The number of piperidine rings is 1. The van der Waals surface area contributed by atoms with Crippen molar-refractivity contribution >= 4 is 28.9 Å². The molecule has 2 aliphatic rings. The summed E-state index contributed by atoms with van der Waals surface area (Å²) in [5.41, 5.74) is 6.41. The number of imidazole rings is 1. The SMILES string of the molecule is CC(C)CC(C)C(CC(O)c1nc2ccccc2n1CCC(N)=O)[C@H]1C[C@@H](C(=O)N2CCOCC2)CN(C(=O)OC(C)(C)C)C1. The Hall–Kier alpha value is -3.18. The van der Waals surface area contributed by atoms with Crippen molar-refractivity contribution in [3.8, 4) is 0 Å². The maximum absolute atomic E-state index is 13.8. The quantitative estimate of drug-likeness (QED) is 0.377. The van der Waals surface area contributed by atoms with Crippen LogP contribution in [0.3, 0.4) is 0 Å². The van der Waals surface area contributed by atoms with Crippen LogP contribution in [0.25, 0.3) is 11.0 Å². The molecule has 2 saturated heterocycles. The van der Waals surface area contributed by atoms with Gasteiger partial charge in [-0.05, 0) is 75.8 Å². The van der Waals surface area contributed by atoms with E-state index in [1.807, 2.05) is 54.5 Å². The van der Waals surface area contributed by atoms with Crippen LogP contribution in [0.2, 0.25) is 0 Å². The largest absolute Gasteiger partial charge is 0.444 e. The number of benzene rings is 1. The van der Waals surface area contributed by atoms with Gasteiger partial charge < -0.3 is 34.7 Å². The Balaban J connectivity index is 1.67. The molecule has 5 atom stereocenters. The number of para-hydroxylation sites is 2. The Morgan fingerprint density at radius 2 is 1.76 bits per heavy atom. The van der Waals surface area contributed by atoms with E-state index < -0.39 is 23.7 Å². The number of carbonyl (C=O) groups excluding carboxylic acids is 3. The first-order chi connectivity index (χ1) is 21.2. The highest BCUT2D eigenvalue weighted by Crippen LogP contribution is 2.40. The number of ether oxygens (including phenoxy) is 2. The fraction of sp³-hybridized carbons (Fsp3) is 0.706. The number of aliphatic hydroxyl groups is 1. The molecule has 0 aliphatic carbocycles. The molecule has 3 N–H and O–H groups in total. The lowest BCUT2D eigenvalue weighted by molar-refractivity contribution is -0.142. The van der Waals surface area contributed by atoms with E-state index in [9.17, 15) is 19.5 Å². The van der Waals surface area contributed by atoms with Crippen molar-refractivity contribution in [1.29, 1.82) is 0 Å². The molecule has 0 spiro atoms. The van der Waals surface area contributed by atoms with E-state index >= 15 is 0 Å². The van der Waals surface area contributed by atoms with E-state index in [4.69, 9.17) is 20.2 Å². The minimum absolute atomic E-state index is 0.0166. The number of morpholine rings is 1. The second kappa shape index (κ2) is 14.9. The van der Waals surface area contributed by atoms with Gasteiger partial charge in [0.2, 0.25) is 11.8 Å². The number of amides is 3. The van der Waals surface area contributed by atoms with Gasteiger partial charge in [0.05, 0.1) is 30.2 Å². The highest BCUT2D eigenvalue weighted by atomic mass is 16.6. The molecule has 11 nitrogen and oxygen atoms in total. The van der Waals surface area contributed by atoms with Gasteiger partial charge in [0.1, 0.15) is 17.5 Å². The lowest BCUT2D eigenvalue weighted by atomic mass is 9.71. The third kappa shape index (κ3) is 9.19. The summed E-state index contributed by atoms with van der Waals surface area (Å²) in [7, 11) is 0. The Morgan fingerprint density at radius 3 is 2.40 bits per heavy atom. The van der Waals surface area contributed by atoms with Crippen molar-refractivity contribution in [3.63, 3.8) is 0 Å². The summed E-state index contributed by atoms with van der Waals surface area (Å²) in [5, 5.41) is 11.9. The Bertz CT molecular complexity index is 1310. The first kappa shape index (κ1) is 34.7. The maximum atomic E-state index is 13.8. The minimum Gasteiger partial charge on any atom is -0.444 e. The minimum atomic E-state index is -0.921. The number of fused-ring (bicyclic) bond motifs is 1. The topological polar surface area (TPSA) is 140 Å². The van der Waals surface area contributed by atoms with Gasteiger partial charge in [-0.3, -0.25) is 9.59 Å².